The van der Waals surface area contributed by atoms with Crippen LogP contribution >= 0.6 is 0 Å². The van der Waals surface area contributed by atoms with Crippen molar-refractivity contribution in [3.05, 3.63) is 53.6 Å². The fraction of sp³-hybridized carbons (Fsp3) is 0.235. The minimum Gasteiger partial charge on any atom is -0.392 e. The van der Waals surface area contributed by atoms with Gasteiger partial charge in [0, 0.05) is 17.8 Å². The van der Waals surface area contributed by atoms with Gasteiger partial charge in [0.05, 0.1) is 11.7 Å². The van der Waals surface area contributed by atoms with Gasteiger partial charge in [-0.25, -0.2) is 0 Å². The van der Waals surface area contributed by atoms with E-state index < -0.39 is 23.8 Å². The normalized spacial score (nSPS) is 12.7. The lowest BCUT2D eigenvalue weighted by atomic mass is 9.96. The van der Waals surface area contributed by atoms with E-state index >= 15 is 0 Å². The Morgan fingerprint density at radius 2 is 1.92 bits per heavy atom. The van der Waals surface area contributed by atoms with Gasteiger partial charge in [-0.05, 0) is 36.2 Å². The zero-order valence-electron chi connectivity index (χ0n) is 12.9. The quantitative estimate of drug-likeness (QED) is 0.783. The van der Waals surface area contributed by atoms with Gasteiger partial charge in [0.25, 0.3) is 0 Å². The van der Waals surface area contributed by atoms with Crippen molar-refractivity contribution < 1.29 is 23.1 Å². The first-order valence-electron chi connectivity index (χ1n) is 7.22. The summed E-state index contributed by atoms with van der Waals surface area (Å²) < 4.78 is 40.0. The Hall–Kier alpha value is -2.54. The van der Waals surface area contributed by atoms with E-state index in [1.807, 2.05) is 0 Å². The average molecular weight is 338 g/mol. The lowest BCUT2D eigenvalue weighted by molar-refractivity contribution is -0.136. The van der Waals surface area contributed by atoms with Crippen molar-refractivity contribution in [1.82, 2.24) is 0 Å². The number of anilines is 1. The SMILES string of the molecule is CC(O)CNc1ccc(-c2ccccc2C(N)=O)cc1C(F)(F)F. The molecule has 0 aliphatic carbocycles. The Labute approximate surface area is 137 Å². The highest BCUT2D eigenvalue weighted by Gasteiger charge is 2.34. The monoisotopic (exact) mass is 338 g/mol. The van der Waals surface area contributed by atoms with Crippen LogP contribution in [-0.2, 0) is 6.18 Å². The molecule has 7 heteroatoms. The lowest BCUT2D eigenvalue weighted by Crippen LogP contribution is -2.18. The number of alkyl halides is 3. The molecule has 24 heavy (non-hydrogen) atoms. The maximum absolute atomic E-state index is 13.3. The van der Waals surface area contributed by atoms with E-state index in [0.29, 0.717) is 5.56 Å². The second-order valence-electron chi connectivity index (χ2n) is 5.40. The summed E-state index contributed by atoms with van der Waals surface area (Å²) in [5, 5.41) is 11.8. The van der Waals surface area contributed by atoms with Crippen molar-refractivity contribution in [3.63, 3.8) is 0 Å². The van der Waals surface area contributed by atoms with E-state index in [-0.39, 0.29) is 23.4 Å². The molecule has 0 aromatic heterocycles. The van der Waals surface area contributed by atoms with Gasteiger partial charge in [-0.2, -0.15) is 13.2 Å². The maximum atomic E-state index is 13.3. The Morgan fingerprint density at radius 3 is 2.50 bits per heavy atom. The minimum absolute atomic E-state index is 0.0136. The van der Waals surface area contributed by atoms with Crippen LogP contribution in [0, 0.1) is 0 Å². The summed E-state index contributed by atoms with van der Waals surface area (Å²) in [6, 6.07) is 9.93. The summed E-state index contributed by atoms with van der Waals surface area (Å²) in [4.78, 5) is 11.5. The van der Waals surface area contributed by atoms with Gasteiger partial charge in [-0.1, -0.05) is 24.3 Å². The average Bonchev–Trinajstić information content (AvgIpc) is 2.51. The molecule has 0 aliphatic heterocycles. The molecule has 2 rings (SSSR count). The predicted octanol–water partition coefficient (Wildman–Crippen LogP) is 3.26. The van der Waals surface area contributed by atoms with E-state index in [1.165, 1.54) is 25.1 Å². The van der Waals surface area contributed by atoms with Crippen LogP contribution in [0.2, 0.25) is 0 Å². The van der Waals surface area contributed by atoms with Crippen LogP contribution < -0.4 is 11.1 Å². The molecule has 0 bridgehead atoms. The van der Waals surface area contributed by atoms with Gasteiger partial charge in [0.2, 0.25) is 5.91 Å². The maximum Gasteiger partial charge on any atom is 0.418 e. The molecule has 1 amide bonds. The van der Waals surface area contributed by atoms with Crippen molar-refractivity contribution in [2.24, 2.45) is 5.73 Å². The zero-order valence-corrected chi connectivity index (χ0v) is 12.9. The van der Waals surface area contributed by atoms with Crippen LogP contribution in [0.5, 0.6) is 0 Å². The van der Waals surface area contributed by atoms with Gasteiger partial charge in [0.15, 0.2) is 0 Å². The second-order valence-corrected chi connectivity index (χ2v) is 5.40. The molecule has 2 aromatic carbocycles. The molecule has 0 radical (unpaired) electrons. The first-order valence-corrected chi connectivity index (χ1v) is 7.22. The van der Waals surface area contributed by atoms with Crippen LogP contribution in [0.15, 0.2) is 42.5 Å². The fourth-order valence-corrected chi connectivity index (χ4v) is 2.31. The largest absolute Gasteiger partial charge is 0.418 e. The highest BCUT2D eigenvalue weighted by molar-refractivity contribution is 6.00. The molecule has 1 unspecified atom stereocenters. The molecule has 0 saturated carbocycles. The number of benzene rings is 2. The molecule has 0 aliphatic rings. The van der Waals surface area contributed by atoms with Gasteiger partial charge < -0.3 is 16.2 Å². The summed E-state index contributed by atoms with van der Waals surface area (Å²) in [6.45, 7) is 1.46. The van der Waals surface area contributed by atoms with E-state index in [1.54, 1.807) is 18.2 Å². The lowest BCUT2D eigenvalue weighted by Gasteiger charge is -2.17. The Bertz CT molecular complexity index is 743. The number of carbonyl (C=O) groups excluding carboxylic acids is 1. The molecule has 0 fully saturated rings. The van der Waals surface area contributed by atoms with Gasteiger partial charge in [-0.3, -0.25) is 4.79 Å². The number of aliphatic hydroxyl groups excluding tert-OH is 1. The first kappa shape index (κ1) is 17.8. The van der Waals surface area contributed by atoms with E-state index in [9.17, 15) is 23.1 Å². The molecule has 0 heterocycles. The Morgan fingerprint density at radius 1 is 1.25 bits per heavy atom. The summed E-state index contributed by atoms with van der Waals surface area (Å²) in [6.07, 6.45) is -5.38. The molecule has 0 spiro atoms. The summed E-state index contributed by atoms with van der Waals surface area (Å²) in [7, 11) is 0. The first-order chi connectivity index (χ1) is 11.2. The highest BCUT2D eigenvalue weighted by atomic mass is 19.4. The number of primary amides is 1. The van der Waals surface area contributed by atoms with Crippen molar-refractivity contribution in [2.45, 2.75) is 19.2 Å². The topological polar surface area (TPSA) is 75.3 Å². The molecule has 4 nitrogen and oxygen atoms in total. The molecule has 2 aromatic rings. The molecule has 0 saturated heterocycles. The van der Waals surface area contributed by atoms with E-state index in [4.69, 9.17) is 5.73 Å². The third-order valence-electron chi connectivity index (χ3n) is 3.42. The molecule has 4 N–H and O–H groups in total. The zero-order chi connectivity index (χ0) is 17.9. The molecular formula is C17H17F3N2O2. The van der Waals surface area contributed by atoms with Gasteiger partial charge >= 0.3 is 6.18 Å². The number of aliphatic hydroxyl groups is 1. The Kier molecular flexibility index (Phi) is 5.14. The third-order valence-corrected chi connectivity index (χ3v) is 3.42. The van der Waals surface area contributed by atoms with E-state index in [0.717, 1.165) is 6.07 Å². The summed E-state index contributed by atoms with van der Waals surface area (Å²) in [5.74, 6) is -0.713. The molecule has 128 valence electrons. The number of nitrogens with two attached hydrogens (primary N) is 1. The van der Waals surface area contributed by atoms with Crippen LogP contribution in [0.4, 0.5) is 18.9 Å². The number of halogens is 3. The number of amides is 1. The minimum atomic E-state index is -4.58. The van der Waals surface area contributed by atoms with Crippen LogP contribution in [0.1, 0.15) is 22.8 Å². The Balaban J connectivity index is 2.53. The smallest absolute Gasteiger partial charge is 0.392 e. The summed E-state index contributed by atoms with van der Waals surface area (Å²) >= 11 is 0. The van der Waals surface area contributed by atoms with Crippen LogP contribution in [0.3, 0.4) is 0 Å². The number of hydrogen-bond acceptors (Lipinski definition) is 3. The number of carbonyl (C=O) groups is 1. The van der Waals surface area contributed by atoms with Crippen molar-refractivity contribution in [2.75, 3.05) is 11.9 Å². The fourth-order valence-electron chi connectivity index (χ4n) is 2.31. The van der Waals surface area contributed by atoms with Gasteiger partial charge in [-0.15, -0.1) is 0 Å². The van der Waals surface area contributed by atoms with Crippen LogP contribution in [-0.4, -0.2) is 23.7 Å². The standard InChI is InChI=1S/C17H17F3N2O2/c1-10(23)9-22-15-7-6-11(8-14(15)17(18,19)20)12-4-2-3-5-13(12)16(21)24/h2-8,10,22-23H,9H2,1H3,(H2,21,24). The summed E-state index contributed by atoms with van der Waals surface area (Å²) in [5.41, 5.74) is 4.99. The molecular weight excluding hydrogens is 321 g/mol. The second kappa shape index (κ2) is 6.92. The van der Waals surface area contributed by atoms with Crippen molar-refractivity contribution in [1.29, 1.82) is 0 Å². The number of rotatable bonds is 5. The number of nitrogens with one attached hydrogen (secondary N) is 1. The number of hydrogen-bond donors (Lipinski definition) is 3. The highest BCUT2D eigenvalue weighted by Crippen LogP contribution is 2.38. The van der Waals surface area contributed by atoms with Crippen molar-refractivity contribution in [3.8, 4) is 11.1 Å². The van der Waals surface area contributed by atoms with Gasteiger partial charge in [0.1, 0.15) is 0 Å². The van der Waals surface area contributed by atoms with E-state index in [2.05, 4.69) is 5.32 Å². The van der Waals surface area contributed by atoms with Crippen molar-refractivity contribution >= 4 is 11.6 Å². The van der Waals surface area contributed by atoms with Crippen LogP contribution in [0.25, 0.3) is 11.1 Å². The third kappa shape index (κ3) is 4.05. The predicted molar refractivity (Wildman–Crippen MR) is 85.6 cm³/mol. The molecule has 1 atom stereocenters.